The molecule has 19 heteroatoms. The number of aliphatic hydroxyl groups excluding tert-OH is 1. The van der Waals surface area contributed by atoms with Gasteiger partial charge in [-0.1, -0.05) is 292 Å². The van der Waals surface area contributed by atoms with Crippen molar-refractivity contribution in [2.24, 2.45) is 11.8 Å². The molecule has 0 aromatic rings. The van der Waals surface area contributed by atoms with E-state index < -0.39 is 97.5 Å². The Morgan fingerprint density at radius 1 is 0.322 bits per heavy atom. The van der Waals surface area contributed by atoms with Gasteiger partial charge in [0.25, 0.3) is 0 Å². The normalized spacial score (nSPS) is 14.8. The smallest absolute Gasteiger partial charge is 0.462 e. The summed E-state index contributed by atoms with van der Waals surface area (Å²) in [6.07, 6.45) is 44.4. The molecule has 0 saturated heterocycles. The van der Waals surface area contributed by atoms with Crippen molar-refractivity contribution in [3.05, 3.63) is 0 Å². The maximum atomic E-state index is 13.0. The number of rotatable bonds is 67. The van der Waals surface area contributed by atoms with E-state index in [4.69, 9.17) is 37.0 Å². The topological polar surface area (TPSA) is 237 Å². The van der Waals surface area contributed by atoms with Gasteiger partial charge in [-0.2, -0.15) is 0 Å². The van der Waals surface area contributed by atoms with Crippen LogP contribution < -0.4 is 0 Å². The molecule has 0 aromatic carbocycles. The first-order valence-corrected chi connectivity index (χ1v) is 38.6. The molecule has 0 rings (SSSR count). The lowest BCUT2D eigenvalue weighted by Gasteiger charge is -2.21. The Labute approximate surface area is 530 Å². The fourth-order valence-corrected chi connectivity index (χ4v) is 11.8. The van der Waals surface area contributed by atoms with Gasteiger partial charge in [-0.15, -0.1) is 0 Å². The summed E-state index contributed by atoms with van der Waals surface area (Å²) in [5.74, 6) is -0.559. The largest absolute Gasteiger partial charge is 0.472 e. The fourth-order valence-electron chi connectivity index (χ4n) is 10.2. The molecule has 17 nitrogen and oxygen atoms in total. The van der Waals surface area contributed by atoms with Crippen LogP contribution in [0.1, 0.15) is 343 Å². The average Bonchev–Trinajstić information content (AvgIpc) is 3.68. The highest BCUT2D eigenvalue weighted by atomic mass is 31.2. The number of esters is 4. The lowest BCUT2D eigenvalue weighted by atomic mass is 9.99. The number of unbranched alkanes of at least 4 members (excludes halogenated alkanes) is 35. The van der Waals surface area contributed by atoms with Crippen molar-refractivity contribution < 1.29 is 80.2 Å². The first kappa shape index (κ1) is 85.1. The quantitative estimate of drug-likeness (QED) is 0.0222. The third kappa shape index (κ3) is 60.1. The van der Waals surface area contributed by atoms with E-state index >= 15 is 0 Å². The molecular weight excluding hydrogens is 1150 g/mol. The number of phosphoric acid groups is 2. The van der Waals surface area contributed by atoms with Crippen LogP contribution in [-0.2, 0) is 65.4 Å². The van der Waals surface area contributed by atoms with Crippen LogP contribution in [0.5, 0.6) is 0 Å². The van der Waals surface area contributed by atoms with Gasteiger partial charge in [0.2, 0.25) is 0 Å². The van der Waals surface area contributed by atoms with E-state index in [1.165, 1.54) is 148 Å². The molecule has 0 heterocycles. The van der Waals surface area contributed by atoms with Crippen LogP contribution in [0.2, 0.25) is 0 Å². The van der Waals surface area contributed by atoms with Gasteiger partial charge in [0.05, 0.1) is 26.4 Å². The van der Waals surface area contributed by atoms with Gasteiger partial charge in [0.1, 0.15) is 19.3 Å². The summed E-state index contributed by atoms with van der Waals surface area (Å²) < 4.78 is 68.1. The van der Waals surface area contributed by atoms with Crippen LogP contribution in [-0.4, -0.2) is 96.7 Å². The molecule has 4 unspecified atom stereocenters. The van der Waals surface area contributed by atoms with Gasteiger partial charge in [-0.05, 0) is 37.5 Å². The maximum absolute atomic E-state index is 13.0. The zero-order chi connectivity index (χ0) is 64.3. The van der Waals surface area contributed by atoms with E-state index in [1.54, 1.807) is 0 Å². The Morgan fingerprint density at radius 3 is 0.816 bits per heavy atom. The Hall–Kier alpha value is -1.94. The molecule has 0 aliphatic carbocycles. The molecule has 0 amide bonds. The van der Waals surface area contributed by atoms with E-state index in [1.807, 2.05) is 0 Å². The summed E-state index contributed by atoms with van der Waals surface area (Å²) in [6.45, 7) is 9.52. The van der Waals surface area contributed by atoms with Crippen molar-refractivity contribution in [3.63, 3.8) is 0 Å². The Morgan fingerprint density at radius 2 is 0.552 bits per heavy atom. The van der Waals surface area contributed by atoms with Gasteiger partial charge in [0, 0.05) is 25.7 Å². The van der Waals surface area contributed by atoms with Gasteiger partial charge in [-0.3, -0.25) is 37.3 Å². The van der Waals surface area contributed by atoms with Crippen molar-refractivity contribution in [2.75, 3.05) is 39.6 Å². The highest BCUT2D eigenvalue weighted by Crippen LogP contribution is 2.45. The van der Waals surface area contributed by atoms with E-state index in [-0.39, 0.29) is 25.7 Å². The number of ether oxygens (including phenoxy) is 4. The average molecular weight is 1280 g/mol. The summed E-state index contributed by atoms with van der Waals surface area (Å²) >= 11 is 0. The third-order valence-corrected chi connectivity index (χ3v) is 18.3. The monoisotopic (exact) mass is 1280 g/mol. The highest BCUT2D eigenvalue weighted by molar-refractivity contribution is 7.47. The predicted molar refractivity (Wildman–Crippen MR) is 349 cm³/mol. The molecule has 0 aliphatic heterocycles. The van der Waals surface area contributed by atoms with E-state index in [2.05, 4.69) is 41.5 Å². The Kier molecular flexibility index (Phi) is 59.0. The maximum Gasteiger partial charge on any atom is 0.472 e. The Bertz CT molecular complexity index is 1700. The fraction of sp³-hybridized carbons (Fsp3) is 0.941. The Balaban J connectivity index is 5.23. The number of phosphoric ester groups is 2. The van der Waals surface area contributed by atoms with Crippen molar-refractivity contribution in [2.45, 2.75) is 362 Å². The second kappa shape index (κ2) is 60.3. The summed E-state index contributed by atoms with van der Waals surface area (Å²) in [4.78, 5) is 72.3. The van der Waals surface area contributed by atoms with Crippen molar-refractivity contribution in [1.82, 2.24) is 0 Å². The molecule has 3 N–H and O–H groups in total. The molecule has 0 radical (unpaired) electrons. The summed E-state index contributed by atoms with van der Waals surface area (Å²) in [5.41, 5.74) is 0. The number of carbonyl (C=O) groups excluding carboxylic acids is 4. The van der Waals surface area contributed by atoms with Crippen molar-refractivity contribution in [1.29, 1.82) is 0 Å². The standard InChI is InChI=1S/C68H132O17P2/c1-7-11-13-15-17-18-19-20-21-22-26-33-39-45-51-66(71)79-57-64(84-67(72)52-46-40-34-27-24-23-25-31-36-42-48-60(5)9-3)59-83-87(76,77)81-55-62(69)54-80-86(74,75)82-58-63(56-78-65(70)50-44-38-30-16-14-12-8-2)85-68(73)53-47-41-35-29-28-32-37-43-49-61(6)10-4/h60-64,69H,7-59H2,1-6H3,(H,74,75)(H,76,77)/t60?,61?,62-,63+,64+/m0/s1. The zero-order valence-corrected chi connectivity index (χ0v) is 58.1. The van der Waals surface area contributed by atoms with Gasteiger partial charge in [-0.25, -0.2) is 9.13 Å². The van der Waals surface area contributed by atoms with Crippen LogP contribution in [0.15, 0.2) is 0 Å². The summed E-state index contributed by atoms with van der Waals surface area (Å²) in [6, 6.07) is 0. The van der Waals surface area contributed by atoms with E-state index in [9.17, 15) is 43.2 Å². The second-order valence-corrected chi connectivity index (χ2v) is 28.0. The molecule has 516 valence electrons. The minimum absolute atomic E-state index is 0.105. The predicted octanol–water partition coefficient (Wildman–Crippen LogP) is 19.2. The van der Waals surface area contributed by atoms with Crippen LogP contribution in [0.4, 0.5) is 0 Å². The first-order valence-electron chi connectivity index (χ1n) is 35.6. The summed E-state index contributed by atoms with van der Waals surface area (Å²) in [5, 5.41) is 10.6. The molecule has 7 atom stereocenters. The van der Waals surface area contributed by atoms with Crippen LogP contribution in [0, 0.1) is 11.8 Å². The van der Waals surface area contributed by atoms with E-state index in [0.717, 1.165) is 115 Å². The molecule has 0 aliphatic rings. The first-order chi connectivity index (χ1) is 41.9. The molecule has 0 saturated carbocycles. The van der Waals surface area contributed by atoms with Gasteiger partial charge >= 0.3 is 39.5 Å². The number of aliphatic hydroxyl groups is 1. The number of hydrogen-bond acceptors (Lipinski definition) is 15. The van der Waals surface area contributed by atoms with Crippen molar-refractivity contribution >= 4 is 39.5 Å². The minimum Gasteiger partial charge on any atom is -0.462 e. The minimum atomic E-state index is -4.95. The zero-order valence-electron chi connectivity index (χ0n) is 56.3. The van der Waals surface area contributed by atoms with Crippen LogP contribution >= 0.6 is 15.6 Å². The van der Waals surface area contributed by atoms with Crippen LogP contribution in [0.25, 0.3) is 0 Å². The molecule has 87 heavy (non-hydrogen) atoms. The number of hydrogen-bond donors (Lipinski definition) is 3. The molecule has 0 spiro atoms. The second-order valence-electron chi connectivity index (χ2n) is 25.0. The highest BCUT2D eigenvalue weighted by Gasteiger charge is 2.30. The number of carbonyl (C=O) groups is 4. The molecule has 0 fully saturated rings. The molecular formula is C68H132O17P2. The lowest BCUT2D eigenvalue weighted by Crippen LogP contribution is -2.30. The van der Waals surface area contributed by atoms with Crippen LogP contribution in [0.3, 0.4) is 0 Å². The van der Waals surface area contributed by atoms with E-state index in [0.29, 0.717) is 25.7 Å². The third-order valence-electron chi connectivity index (χ3n) is 16.4. The summed E-state index contributed by atoms with van der Waals surface area (Å²) in [7, 11) is -9.89. The van der Waals surface area contributed by atoms with Gasteiger partial charge < -0.3 is 33.8 Å². The lowest BCUT2D eigenvalue weighted by molar-refractivity contribution is -0.161. The molecule has 0 aromatic heterocycles. The molecule has 0 bridgehead atoms. The van der Waals surface area contributed by atoms with Crippen molar-refractivity contribution in [3.8, 4) is 0 Å². The SMILES string of the molecule is CCCCCCCCCCCCCCCCC(=O)OC[C@H](COP(=O)(O)OC[C@@H](O)COP(=O)(O)OC[C@@H](COC(=O)CCCCCCCCC)OC(=O)CCCCCCCCCCC(C)CC)OC(=O)CCCCCCCCCCCCC(C)CC. The van der Waals surface area contributed by atoms with Gasteiger partial charge in [0.15, 0.2) is 12.2 Å².